The summed E-state index contributed by atoms with van der Waals surface area (Å²) in [4.78, 5) is 4.37. The highest BCUT2D eigenvalue weighted by Gasteiger charge is 2.13. The molecule has 4 heteroatoms. The molecule has 1 saturated heterocycles. The molecular formula is C13H20FN3. The van der Waals surface area contributed by atoms with Crippen LogP contribution >= 0.6 is 0 Å². The van der Waals surface area contributed by atoms with Crippen molar-refractivity contribution >= 4 is 5.69 Å². The van der Waals surface area contributed by atoms with Crippen LogP contribution < -0.4 is 10.2 Å². The van der Waals surface area contributed by atoms with Crippen LogP contribution in [0.3, 0.4) is 0 Å². The van der Waals surface area contributed by atoms with E-state index < -0.39 is 0 Å². The molecule has 17 heavy (non-hydrogen) atoms. The highest BCUT2D eigenvalue weighted by molar-refractivity contribution is 5.52. The summed E-state index contributed by atoms with van der Waals surface area (Å²) in [6.45, 7) is 5.10. The van der Waals surface area contributed by atoms with Crippen LogP contribution in [-0.4, -0.2) is 45.2 Å². The van der Waals surface area contributed by atoms with Crippen LogP contribution in [0.5, 0.6) is 0 Å². The molecule has 1 aliphatic rings. The van der Waals surface area contributed by atoms with E-state index in [1.807, 2.05) is 25.1 Å². The number of benzene rings is 1. The zero-order chi connectivity index (χ0) is 12.3. The van der Waals surface area contributed by atoms with Crippen molar-refractivity contribution in [2.75, 3.05) is 45.2 Å². The Balaban J connectivity index is 2.13. The molecule has 0 amide bonds. The van der Waals surface area contributed by atoms with E-state index in [9.17, 15) is 4.39 Å². The number of nitrogens with zero attached hydrogens (tertiary/aromatic N) is 2. The van der Waals surface area contributed by atoms with Gasteiger partial charge < -0.3 is 10.2 Å². The third-order valence-corrected chi connectivity index (χ3v) is 3.13. The average molecular weight is 237 g/mol. The van der Waals surface area contributed by atoms with E-state index in [0.29, 0.717) is 0 Å². The predicted octanol–water partition coefficient (Wildman–Crippen LogP) is 1.30. The Labute approximate surface area is 102 Å². The highest BCUT2D eigenvalue weighted by Crippen LogP contribution is 2.21. The molecule has 0 aliphatic carbocycles. The molecule has 0 unspecified atom stereocenters. The van der Waals surface area contributed by atoms with Crippen LogP contribution in [0.1, 0.15) is 5.56 Å². The van der Waals surface area contributed by atoms with Crippen molar-refractivity contribution in [3.8, 4) is 0 Å². The standard InChI is InChI=1S/C13H20FN3/c1-16(2)13-9-12(14)4-3-11(13)10-17-7-5-15-6-8-17/h3-4,9,15H,5-8,10H2,1-2H3. The summed E-state index contributed by atoms with van der Waals surface area (Å²) in [5.41, 5.74) is 2.17. The van der Waals surface area contributed by atoms with E-state index in [0.717, 1.165) is 38.4 Å². The van der Waals surface area contributed by atoms with Gasteiger partial charge in [-0.1, -0.05) is 6.07 Å². The van der Waals surface area contributed by atoms with E-state index in [-0.39, 0.29) is 5.82 Å². The van der Waals surface area contributed by atoms with Gasteiger partial charge >= 0.3 is 0 Å². The molecule has 3 nitrogen and oxygen atoms in total. The van der Waals surface area contributed by atoms with Crippen LogP contribution in [0.2, 0.25) is 0 Å². The summed E-state index contributed by atoms with van der Waals surface area (Å²) in [5.74, 6) is -0.169. The Morgan fingerprint density at radius 2 is 2.00 bits per heavy atom. The van der Waals surface area contributed by atoms with Gasteiger partial charge in [-0.05, 0) is 17.7 Å². The average Bonchev–Trinajstić information content (AvgIpc) is 2.32. The van der Waals surface area contributed by atoms with Gasteiger partial charge in [-0.3, -0.25) is 4.90 Å². The normalized spacial score (nSPS) is 17.1. The molecule has 1 heterocycles. The van der Waals surface area contributed by atoms with Gasteiger partial charge in [-0.25, -0.2) is 4.39 Å². The molecule has 0 bridgehead atoms. The Bertz CT molecular complexity index is 373. The zero-order valence-corrected chi connectivity index (χ0v) is 10.5. The van der Waals surface area contributed by atoms with Crippen LogP contribution in [0, 0.1) is 5.82 Å². The molecule has 1 N–H and O–H groups in total. The first-order chi connectivity index (χ1) is 8.16. The second kappa shape index (κ2) is 5.47. The molecule has 94 valence electrons. The first-order valence-corrected chi connectivity index (χ1v) is 6.05. The maximum Gasteiger partial charge on any atom is 0.125 e. The van der Waals surface area contributed by atoms with Crippen LogP contribution in [0.4, 0.5) is 10.1 Å². The molecule has 1 aromatic rings. The van der Waals surface area contributed by atoms with E-state index in [1.54, 1.807) is 12.1 Å². The quantitative estimate of drug-likeness (QED) is 0.855. The summed E-state index contributed by atoms with van der Waals surface area (Å²) in [5, 5.41) is 3.33. The zero-order valence-electron chi connectivity index (χ0n) is 10.5. The maximum atomic E-state index is 13.2. The van der Waals surface area contributed by atoms with Crippen molar-refractivity contribution in [2.24, 2.45) is 0 Å². The number of rotatable bonds is 3. The lowest BCUT2D eigenvalue weighted by atomic mass is 10.1. The summed E-state index contributed by atoms with van der Waals surface area (Å²) >= 11 is 0. The smallest absolute Gasteiger partial charge is 0.125 e. The van der Waals surface area contributed by atoms with E-state index in [2.05, 4.69) is 10.2 Å². The van der Waals surface area contributed by atoms with Crippen molar-refractivity contribution < 1.29 is 4.39 Å². The Hall–Kier alpha value is -1.13. The molecule has 0 saturated carbocycles. The topological polar surface area (TPSA) is 18.5 Å². The van der Waals surface area contributed by atoms with Gasteiger partial charge in [-0.15, -0.1) is 0 Å². The first kappa shape index (κ1) is 12.3. The Morgan fingerprint density at radius 1 is 1.29 bits per heavy atom. The Morgan fingerprint density at radius 3 is 2.65 bits per heavy atom. The van der Waals surface area contributed by atoms with Gasteiger partial charge in [0.25, 0.3) is 0 Å². The first-order valence-electron chi connectivity index (χ1n) is 6.05. The van der Waals surface area contributed by atoms with Gasteiger partial charge in [-0.2, -0.15) is 0 Å². The van der Waals surface area contributed by atoms with Crippen molar-refractivity contribution in [3.05, 3.63) is 29.6 Å². The molecule has 0 radical (unpaired) electrons. The van der Waals surface area contributed by atoms with Gasteiger partial charge in [0, 0.05) is 52.5 Å². The van der Waals surface area contributed by atoms with Gasteiger partial charge in [0.2, 0.25) is 0 Å². The van der Waals surface area contributed by atoms with E-state index in [4.69, 9.17) is 0 Å². The molecule has 1 aromatic carbocycles. The SMILES string of the molecule is CN(C)c1cc(F)ccc1CN1CCNCC1. The number of piperazine rings is 1. The molecule has 1 aliphatic heterocycles. The lowest BCUT2D eigenvalue weighted by Gasteiger charge is -2.29. The summed E-state index contributed by atoms with van der Waals surface area (Å²) in [7, 11) is 3.91. The lowest BCUT2D eigenvalue weighted by molar-refractivity contribution is 0.233. The number of nitrogens with one attached hydrogen (secondary N) is 1. The summed E-state index contributed by atoms with van der Waals surface area (Å²) < 4.78 is 13.2. The second-order valence-corrected chi connectivity index (χ2v) is 4.69. The highest BCUT2D eigenvalue weighted by atomic mass is 19.1. The number of halogens is 1. The Kier molecular flexibility index (Phi) is 3.97. The number of hydrogen-bond acceptors (Lipinski definition) is 3. The molecule has 2 rings (SSSR count). The van der Waals surface area contributed by atoms with Crippen LogP contribution in [0.15, 0.2) is 18.2 Å². The second-order valence-electron chi connectivity index (χ2n) is 4.69. The third kappa shape index (κ3) is 3.17. The van der Waals surface area contributed by atoms with Crippen molar-refractivity contribution in [3.63, 3.8) is 0 Å². The summed E-state index contributed by atoms with van der Waals surface area (Å²) in [6.07, 6.45) is 0. The minimum atomic E-state index is -0.169. The number of anilines is 1. The molecule has 0 spiro atoms. The third-order valence-electron chi connectivity index (χ3n) is 3.13. The summed E-state index contributed by atoms with van der Waals surface area (Å²) in [6, 6.07) is 5.05. The molecule has 0 atom stereocenters. The van der Waals surface area contributed by atoms with Gasteiger partial charge in [0.1, 0.15) is 5.82 Å². The van der Waals surface area contributed by atoms with Crippen molar-refractivity contribution in [1.82, 2.24) is 10.2 Å². The lowest BCUT2D eigenvalue weighted by Crippen LogP contribution is -2.43. The predicted molar refractivity (Wildman–Crippen MR) is 68.9 cm³/mol. The van der Waals surface area contributed by atoms with E-state index >= 15 is 0 Å². The molecular weight excluding hydrogens is 217 g/mol. The van der Waals surface area contributed by atoms with Gasteiger partial charge in [0.15, 0.2) is 0 Å². The number of hydrogen-bond donors (Lipinski definition) is 1. The largest absolute Gasteiger partial charge is 0.377 e. The van der Waals surface area contributed by atoms with Crippen molar-refractivity contribution in [2.45, 2.75) is 6.54 Å². The van der Waals surface area contributed by atoms with E-state index in [1.165, 1.54) is 5.56 Å². The van der Waals surface area contributed by atoms with Crippen LogP contribution in [0.25, 0.3) is 0 Å². The monoisotopic (exact) mass is 237 g/mol. The van der Waals surface area contributed by atoms with Crippen molar-refractivity contribution in [1.29, 1.82) is 0 Å². The fourth-order valence-corrected chi connectivity index (χ4v) is 2.20. The van der Waals surface area contributed by atoms with Gasteiger partial charge in [0.05, 0.1) is 0 Å². The fraction of sp³-hybridized carbons (Fsp3) is 0.538. The fourth-order valence-electron chi connectivity index (χ4n) is 2.20. The minimum Gasteiger partial charge on any atom is -0.377 e. The molecule has 0 aromatic heterocycles. The maximum absolute atomic E-state index is 13.2. The molecule has 1 fully saturated rings. The minimum absolute atomic E-state index is 0.169. The van der Waals surface area contributed by atoms with Crippen LogP contribution in [-0.2, 0) is 6.54 Å².